The van der Waals surface area contributed by atoms with Crippen LogP contribution in [0.2, 0.25) is 0 Å². The van der Waals surface area contributed by atoms with E-state index in [-0.39, 0.29) is 6.61 Å². The van der Waals surface area contributed by atoms with E-state index in [1.165, 1.54) is 0 Å². The first-order valence-corrected chi connectivity index (χ1v) is 6.86. The summed E-state index contributed by atoms with van der Waals surface area (Å²) in [5.41, 5.74) is 6.62. The van der Waals surface area contributed by atoms with Crippen molar-refractivity contribution in [2.24, 2.45) is 10.7 Å². The van der Waals surface area contributed by atoms with E-state index in [9.17, 15) is 5.11 Å². The molecule has 0 unspecified atom stereocenters. The fraction of sp³-hybridized carbons (Fsp3) is 0.643. The van der Waals surface area contributed by atoms with Gasteiger partial charge in [0.2, 0.25) is 0 Å². The van der Waals surface area contributed by atoms with Gasteiger partial charge in [0.1, 0.15) is 11.7 Å². The molecule has 0 bridgehead atoms. The molecule has 1 aliphatic rings. The van der Waals surface area contributed by atoms with Crippen molar-refractivity contribution in [1.82, 2.24) is 9.80 Å². The third-order valence-corrected chi connectivity index (χ3v) is 3.30. The zero-order valence-corrected chi connectivity index (χ0v) is 12.3. The van der Waals surface area contributed by atoms with Gasteiger partial charge in [-0.15, -0.1) is 0 Å². The highest BCUT2D eigenvalue weighted by molar-refractivity contribution is 5.97. The van der Waals surface area contributed by atoms with Gasteiger partial charge in [0, 0.05) is 31.8 Å². The van der Waals surface area contributed by atoms with E-state index < -0.39 is 0 Å². The van der Waals surface area contributed by atoms with Crippen LogP contribution in [0.3, 0.4) is 0 Å². The lowest BCUT2D eigenvalue weighted by atomic mass is 10.2. The summed E-state index contributed by atoms with van der Waals surface area (Å²) >= 11 is 0. The summed E-state index contributed by atoms with van der Waals surface area (Å²) in [5, 5.41) is 9.22. The van der Waals surface area contributed by atoms with Crippen molar-refractivity contribution in [3.63, 3.8) is 0 Å². The largest absolute Gasteiger partial charge is 0.392 e. The minimum Gasteiger partial charge on any atom is -0.392 e. The van der Waals surface area contributed by atoms with Crippen molar-refractivity contribution in [2.45, 2.75) is 20.3 Å². The Morgan fingerprint density at radius 1 is 1.32 bits per heavy atom. The van der Waals surface area contributed by atoms with Crippen LogP contribution >= 0.6 is 0 Å². The Hall–Kier alpha value is -1.33. The number of amidine groups is 1. The number of piperazine rings is 1. The number of nitrogens with zero attached hydrogens (tertiary/aromatic N) is 3. The predicted octanol–water partition coefficient (Wildman–Crippen LogP) is 0.781. The van der Waals surface area contributed by atoms with E-state index in [0.29, 0.717) is 11.4 Å². The molecule has 5 nitrogen and oxygen atoms in total. The average molecular weight is 266 g/mol. The van der Waals surface area contributed by atoms with Crippen LogP contribution in [-0.4, -0.2) is 60.6 Å². The summed E-state index contributed by atoms with van der Waals surface area (Å²) in [7, 11) is 2.13. The fourth-order valence-electron chi connectivity index (χ4n) is 1.98. The quantitative estimate of drug-likeness (QED) is 0.570. The first-order chi connectivity index (χ1) is 9.12. The lowest BCUT2D eigenvalue weighted by Crippen LogP contribution is -2.43. The summed E-state index contributed by atoms with van der Waals surface area (Å²) < 4.78 is 0. The third-order valence-electron chi connectivity index (χ3n) is 3.30. The number of rotatable bonds is 5. The summed E-state index contributed by atoms with van der Waals surface area (Å²) in [5.74, 6) is 1.32. The Labute approximate surface area is 116 Å². The molecule has 0 aromatic carbocycles. The number of aliphatic hydroxyl groups is 1. The number of hydrogen-bond acceptors (Lipinski definition) is 4. The molecule has 19 heavy (non-hydrogen) atoms. The second kappa shape index (κ2) is 7.96. The maximum Gasteiger partial charge on any atom is 0.131 e. The van der Waals surface area contributed by atoms with Crippen LogP contribution in [0, 0.1) is 0 Å². The van der Waals surface area contributed by atoms with Gasteiger partial charge in [-0.2, -0.15) is 0 Å². The first-order valence-electron chi connectivity index (χ1n) is 6.86. The van der Waals surface area contributed by atoms with Crippen molar-refractivity contribution < 1.29 is 5.11 Å². The van der Waals surface area contributed by atoms with Crippen molar-refractivity contribution in [1.29, 1.82) is 0 Å². The second-order valence-corrected chi connectivity index (χ2v) is 4.73. The van der Waals surface area contributed by atoms with Crippen molar-refractivity contribution >= 4 is 5.84 Å². The van der Waals surface area contributed by atoms with Gasteiger partial charge in [-0.25, -0.2) is 4.99 Å². The van der Waals surface area contributed by atoms with E-state index in [0.717, 1.165) is 38.4 Å². The van der Waals surface area contributed by atoms with Gasteiger partial charge >= 0.3 is 0 Å². The normalized spacial score (nSPS) is 20.0. The van der Waals surface area contributed by atoms with Crippen LogP contribution in [0.4, 0.5) is 0 Å². The second-order valence-electron chi connectivity index (χ2n) is 4.73. The topological polar surface area (TPSA) is 65.1 Å². The maximum atomic E-state index is 9.22. The molecular weight excluding hydrogens is 240 g/mol. The van der Waals surface area contributed by atoms with E-state index in [1.54, 1.807) is 6.08 Å². The van der Waals surface area contributed by atoms with Crippen molar-refractivity contribution in [3.05, 3.63) is 23.5 Å². The minimum absolute atomic E-state index is 0.0754. The number of likely N-dealkylation sites (N-methyl/N-ethyl adjacent to an activating group) is 1. The molecule has 108 valence electrons. The molecule has 0 radical (unpaired) electrons. The van der Waals surface area contributed by atoms with Crippen molar-refractivity contribution in [3.8, 4) is 0 Å². The number of allylic oxidation sites excluding steroid dienone is 2. The van der Waals surface area contributed by atoms with E-state index in [1.807, 2.05) is 6.92 Å². The molecule has 0 aromatic rings. The molecule has 0 atom stereocenters. The first kappa shape index (κ1) is 15.7. The lowest BCUT2D eigenvalue weighted by Gasteiger charge is -2.34. The summed E-state index contributed by atoms with van der Waals surface area (Å²) in [4.78, 5) is 9.05. The van der Waals surface area contributed by atoms with Crippen LogP contribution in [-0.2, 0) is 0 Å². The monoisotopic (exact) mass is 266 g/mol. The van der Waals surface area contributed by atoms with Gasteiger partial charge in [0.05, 0.1) is 6.61 Å². The van der Waals surface area contributed by atoms with Gasteiger partial charge in [0.15, 0.2) is 0 Å². The smallest absolute Gasteiger partial charge is 0.131 e. The molecule has 0 aromatic heterocycles. The highest BCUT2D eigenvalue weighted by Crippen LogP contribution is 2.12. The van der Waals surface area contributed by atoms with Crippen LogP contribution in [0.1, 0.15) is 20.3 Å². The molecule has 1 fully saturated rings. The standard InChI is InChI=1S/C14H26N4O/c1-4-6-13(16-14(15)12(5-2)11-19)18-9-7-17(3)8-10-18/h5-6,19H,4,7-11H2,1-3H3,(H2,15,16)/b12-5-,13-6-. The van der Waals surface area contributed by atoms with Gasteiger partial charge in [-0.3, -0.25) is 0 Å². The van der Waals surface area contributed by atoms with Gasteiger partial charge in [-0.05, 0) is 26.5 Å². The molecule has 1 saturated heterocycles. The zero-order chi connectivity index (χ0) is 14.3. The highest BCUT2D eigenvalue weighted by Gasteiger charge is 2.16. The number of aliphatic imine (C=N–C) groups is 1. The molecule has 1 aliphatic heterocycles. The summed E-state index contributed by atoms with van der Waals surface area (Å²) in [6.07, 6.45) is 4.80. The molecule has 1 rings (SSSR count). The summed E-state index contributed by atoms with van der Waals surface area (Å²) in [6, 6.07) is 0. The fourth-order valence-corrected chi connectivity index (χ4v) is 1.98. The average Bonchev–Trinajstić information content (AvgIpc) is 2.40. The number of nitrogens with two attached hydrogens (primary N) is 1. The highest BCUT2D eigenvalue weighted by atomic mass is 16.3. The predicted molar refractivity (Wildman–Crippen MR) is 79.9 cm³/mol. The van der Waals surface area contributed by atoms with Crippen molar-refractivity contribution in [2.75, 3.05) is 39.8 Å². The number of aliphatic hydroxyl groups excluding tert-OH is 1. The molecule has 0 amide bonds. The molecule has 0 saturated carbocycles. The van der Waals surface area contributed by atoms with Gasteiger partial charge in [0.25, 0.3) is 0 Å². The van der Waals surface area contributed by atoms with Crippen LogP contribution < -0.4 is 5.73 Å². The third kappa shape index (κ3) is 4.69. The Bertz CT molecular complexity index is 366. The Kier molecular flexibility index (Phi) is 6.59. The molecule has 0 aliphatic carbocycles. The molecule has 1 heterocycles. The van der Waals surface area contributed by atoms with Crippen LogP contribution in [0.5, 0.6) is 0 Å². The molecule has 0 spiro atoms. The SMILES string of the molecule is C\C=C(CO)/C(N)=N\C(=C\CC)N1CCN(C)CC1. The van der Waals surface area contributed by atoms with E-state index in [2.05, 4.69) is 34.8 Å². The Balaban J connectivity index is 2.84. The Morgan fingerprint density at radius 3 is 2.42 bits per heavy atom. The van der Waals surface area contributed by atoms with Gasteiger partial charge in [-0.1, -0.05) is 13.0 Å². The zero-order valence-electron chi connectivity index (χ0n) is 12.3. The maximum absolute atomic E-state index is 9.22. The number of hydrogen-bond donors (Lipinski definition) is 2. The Morgan fingerprint density at radius 2 is 1.95 bits per heavy atom. The minimum atomic E-state index is -0.0754. The molecule has 3 N–H and O–H groups in total. The molecule has 5 heteroatoms. The lowest BCUT2D eigenvalue weighted by molar-refractivity contribution is 0.185. The summed E-state index contributed by atoms with van der Waals surface area (Å²) in [6.45, 7) is 7.86. The van der Waals surface area contributed by atoms with E-state index >= 15 is 0 Å². The molecular formula is C14H26N4O. The van der Waals surface area contributed by atoms with Crippen LogP contribution in [0.15, 0.2) is 28.5 Å². The van der Waals surface area contributed by atoms with Crippen LogP contribution in [0.25, 0.3) is 0 Å². The van der Waals surface area contributed by atoms with E-state index in [4.69, 9.17) is 5.73 Å². The van der Waals surface area contributed by atoms with Gasteiger partial charge < -0.3 is 20.6 Å².